The van der Waals surface area contributed by atoms with E-state index in [1.54, 1.807) is 11.6 Å². The average Bonchev–Trinajstić information content (AvgIpc) is 2.55. The molecule has 0 radical (unpaired) electrons. The van der Waals surface area contributed by atoms with Gasteiger partial charge in [0.15, 0.2) is 0 Å². The van der Waals surface area contributed by atoms with Crippen LogP contribution in [0.2, 0.25) is 0 Å². The summed E-state index contributed by atoms with van der Waals surface area (Å²) in [4.78, 5) is 11.5. The fraction of sp³-hybridized carbons (Fsp3) is 0.333. The molecule has 4 heteroatoms. The van der Waals surface area contributed by atoms with Crippen LogP contribution in [-0.4, -0.2) is 4.57 Å². The number of hydrogen-bond acceptors (Lipinski definition) is 3. The van der Waals surface area contributed by atoms with Crippen LogP contribution in [0.3, 0.4) is 0 Å². The van der Waals surface area contributed by atoms with E-state index in [2.05, 4.69) is 12.1 Å². The van der Waals surface area contributed by atoms with Gasteiger partial charge < -0.3 is 4.57 Å². The monoisotopic (exact) mass is 232 g/mol. The summed E-state index contributed by atoms with van der Waals surface area (Å²) in [6, 6.07) is 8.21. The number of nitriles is 1. The maximum absolute atomic E-state index is 11.4. The SMILES string of the molecule is Cn1c(=O)sc2cc(CCCC#N)ccc21. The highest BCUT2D eigenvalue weighted by atomic mass is 32.1. The Morgan fingerprint density at radius 1 is 1.50 bits per heavy atom. The van der Waals surface area contributed by atoms with Gasteiger partial charge in [0.2, 0.25) is 0 Å². The molecule has 0 atom stereocenters. The molecular weight excluding hydrogens is 220 g/mol. The number of thiazole rings is 1. The van der Waals surface area contributed by atoms with E-state index in [-0.39, 0.29) is 4.87 Å². The molecule has 82 valence electrons. The summed E-state index contributed by atoms with van der Waals surface area (Å²) in [5.74, 6) is 0. The zero-order valence-corrected chi connectivity index (χ0v) is 9.88. The maximum atomic E-state index is 11.4. The lowest BCUT2D eigenvalue weighted by molar-refractivity contribution is 0.851. The van der Waals surface area contributed by atoms with Crippen LogP contribution in [0.4, 0.5) is 0 Å². The van der Waals surface area contributed by atoms with Gasteiger partial charge in [0.05, 0.1) is 16.3 Å². The van der Waals surface area contributed by atoms with Crippen LogP contribution in [0, 0.1) is 11.3 Å². The molecule has 0 bridgehead atoms. The molecule has 0 fully saturated rings. The lowest BCUT2D eigenvalue weighted by Gasteiger charge is -1.99. The summed E-state index contributed by atoms with van der Waals surface area (Å²) in [7, 11) is 1.79. The first-order valence-corrected chi connectivity index (χ1v) is 5.99. The number of fused-ring (bicyclic) bond motifs is 1. The van der Waals surface area contributed by atoms with E-state index < -0.39 is 0 Å². The van der Waals surface area contributed by atoms with Crippen molar-refractivity contribution in [2.75, 3.05) is 0 Å². The highest BCUT2D eigenvalue weighted by Crippen LogP contribution is 2.19. The smallest absolute Gasteiger partial charge is 0.302 e. The molecule has 16 heavy (non-hydrogen) atoms. The van der Waals surface area contributed by atoms with Crippen molar-refractivity contribution in [1.82, 2.24) is 4.57 Å². The van der Waals surface area contributed by atoms with Crippen molar-refractivity contribution in [1.29, 1.82) is 5.26 Å². The molecule has 1 heterocycles. The van der Waals surface area contributed by atoms with E-state index in [9.17, 15) is 4.79 Å². The molecule has 0 saturated carbocycles. The Balaban J connectivity index is 2.31. The summed E-state index contributed by atoms with van der Waals surface area (Å²) in [6.07, 6.45) is 2.37. The zero-order chi connectivity index (χ0) is 11.5. The lowest BCUT2D eigenvalue weighted by Crippen LogP contribution is -2.06. The van der Waals surface area contributed by atoms with Crippen molar-refractivity contribution in [2.45, 2.75) is 19.3 Å². The Labute approximate surface area is 97.6 Å². The Kier molecular flexibility index (Phi) is 3.07. The van der Waals surface area contributed by atoms with Crippen molar-refractivity contribution < 1.29 is 0 Å². The minimum atomic E-state index is 0.0733. The molecule has 0 N–H and O–H groups in total. The molecule has 0 aliphatic carbocycles. The molecular formula is C12H12N2OS. The lowest BCUT2D eigenvalue weighted by atomic mass is 10.1. The van der Waals surface area contributed by atoms with Crippen LogP contribution in [-0.2, 0) is 13.5 Å². The molecule has 0 saturated heterocycles. The summed E-state index contributed by atoms with van der Waals surface area (Å²) in [5, 5.41) is 8.46. The van der Waals surface area contributed by atoms with Gasteiger partial charge in [-0.05, 0) is 30.5 Å². The predicted octanol–water partition coefficient (Wildman–Crippen LogP) is 2.45. The zero-order valence-electron chi connectivity index (χ0n) is 9.06. The molecule has 0 aliphatic rings. The molecule has 0 unspecified atom stereocenters. The van der Waals surface area contributed by atoms with Crippen LogP contribution in [0.15, 0.2) is 23.0 Å². The fourth-order valence-corrected chi connectivity index (χ4v) is 2.65. The van der Waals surface area contributed by atoms with Crippen LogP contribution in [0.5, 0.6) is 0 Å². The minimum absolute atomic E-state index is 0.0733. The summed E-state index contributed by atoms with van der Waals surface area (Å²) < 4.78 is 2.70. The third-order valence-corrected chi connectivity index (χ3v) is 3.61. The Bertz CT molecular complexity index is 603. The highest BCUT2D eigenvalue weighted by molar-refractivity contribution is 7.16. The molecule has 0 amide bonds. The Hall–Kier alpha value is -1.60. The van der Waals surface area contributed by atoms with E-state index in [1.807, 2.05) is 12.1 Å². The Morgan fingerprint density at radius 3 is 3.06 bits per heavy atom. The fourth-order valence-electron chi connectivity index (χ4n) is 1.71. The van der Waals surface area contributed by atoms with Gasteiger partial charge in [-0.15, -0.1) is 0 Å². The van der Waals surface area contributed by atoms with Crippen molar-refractivity contribution in [3.63, 3.8) is 0 Å². The van der Waals surface area contributed by atoms with E-state index in [4.69, 9.17) is 5.26 Å². The molecule has 0 aliphatic heterocycles. The predicted molar refractivity (Wildman–Crippen MR) is 65.6 cm³/mol. The van der Waals surface area contributed by atoms with Gasteiger partial charge in [0.25, 0.3) is 0 Å². The minimum Gasteiger partial charge on any atom is -0.302 e. The molecule has 2 aromatic rings. The van der Waals surface area contributed by atoms with Crippen molar-refractivity contribution in [2.24, 2.45) is 7.05 Å². The number of aromatic nitrogens is 1. The summed E-state index contributed by atoms with van der Waals surface area (Å²) in [6.45, 7) is 0. The number of unbranched alkanes of at least 4 members (excludes halogenated alkanes) is 1. The normalized spacial score (nSPS) is 10.5. The standard InChI is InChI=1S/C12H12N2OS/c1-14-10-6-5-9(4-2-3-7-13)8-11(10)16-12(14)15/h5-6,8H,2-4H2,1H3. The first-order valence-electron chi connectivity index (χ1n) is 5.18. The second-order valence-electron chi connectivity index (χ2n) is 3.74. The van der Waals surface area contributed by atoms with Gasteiger partial charge in [-0.25, -0.2) is 0 Å². The van der Waals surface area contributed by atoms with E-state index in [0.29, 0.717) is 6.42 Å². The van der Waals surface area contributed by atoms with Crippen LogP contribution < -0.4 is 4.87 Å². The van der Waals surface area contributed by atoms with Crippen molar-refractivity contribution in [3.05, 3.63) is 33.4 Å². The first kappa shape index (κ1) is 10.9. The maximum Gasteiger partial charge on any atom is 0.307 e. The largest absolute Gasteiger partial charge is 0.307 e. The number of aryl methyl sites for hydroxylation is 2. The van der Waals surface area contributed by atoms with E-state index >= 15 is 0 Å². The Morgan fingerprint density at radius 2 is 2.31 bits per heavy atom. The van der Waals surface area contributed by atoms with Gasteiger partial charge in [-0.3, -0.25) is 4.79 Å². The van der Waals surface area contributed by atoms with Crippen LogP contribution >= 0.6 is 11.3 Å². The summed E-state index contributed by atoms with van der Waals surface area (Å²) in [5.41, 5.74) is 2.18. The van der Waals surface area contributed by atoms with Crippen LogP contribution in [0.25, 0.3) is 10.2 Å². The molecule has 1 aromatic carbocycles. The third kappa shape index (κ3) is 2.00. The van der Waals surface area contributed by atoms with E-state index in [1.165, 1.54) is 16.9 Å². The number of hydrogen-bond donors (Lipinski definition) is 0. The second kappa shape index (κ2) is 4.50. The highest BCUT2D eigenvalue weighted by Gasteiger charge is 2.04. The van der Waals surface area contributed by atoms with Gasteiger partial charge in [-0.2, -0.15) is 5.26 Å². The molecule has 0 spiro atoms. The molecule has 1 aromatic heterocycles. The quantitative estimate of drug-likeness (QED) is 0.763. The van der Waals surface area contributed by atoms with Crippen molar-refractivity contribution >= 4 is 21.6 Å². The first-order chi connectivity index (χ1) is 7.72. The molecule has 2 rings (SSSR count). The van der Waals surface area contributed by atoms with Gasteiger partial charge in [0, 0.05) is 13.5 Å². The third-order valence-electron chi connectivity index (χ3n) is 2.61. The average molecular weight is 232 g/mol. The topological polar surface area (TPSA) is 45.8 Å². The number of nitrogens with zero attached hydrogens (tertiary/aromatic N) is 2. The summed E-state index contributed by atoms with van der Waals surface area (Å²) >= 11 is 1.27. The van der Waals surface area contributed by atoms with Gasteiger partial charge in [-0.1, -0.05) is 17.4 Å². The van der Waals surface area contributed by atoms with E-state index in [0.717, 1.165) is 23.1 Å². The number of rotatable bonds is 3. The van der Waals surface area contributed by atoms with Gasteiger partial charge >= 0.3 is 4.87 Å². The molecule has 3 nitrogen and oxygen atoms in total. The second-order valence-corrected chi connectivity index (χ2v) is 4.73. The van der Waals surface area contributed by atoms with Crippen molar-refractivity contribution in [3.8, 4) is 6.07 Å². The number of benzene rings is 1. The van der Waals surface area contributed by atoms with Crippen LogP contribution in [0.1, 0.15) is 18.4 Å². The van der Waals surface area contributed by atoms with Gasteiger partial charge in [0.1, 0.15) is 0 Å².